The van der Waals surface area contributed by atoms with Crippen molar-refractivity contribution in [2.24, 2.45) is 7.05 Å². The Hall–Kier alpha value is -2.23. The predicted octanol–water partition coefficient (Wildman–Crippen LogP) is 1.46. The molecule has 1 unspecified atom stereocenters. The molecular formula is C20H26N4O4S. The second kappa shape index (κ2) is 8.25. The van der Waals surface area contributed by atoms with E-state index >= 15 is 0 Å². The van der Waals surface area contributed by atoms with Gasteiger partial charge in [-0.25, -0.2) is 8.42 Å². The maximum absolute atomic E-state index is 13.0. The smallest absolute Gasteiger partial charge is 0.253 e. The van der Waals surface area contributed by atoms with Gasteiger partial charge in [0.2, 0.25) is 10.0 Å². The van der Waals surface area contributed by atoms with Gasteiger partial charge in [-0.15, -0.1) is 0 Å². The second-order valence-corrected chi connectivity index (χ2v) is 9.48. The highest BCUT2D eigenvalue weighted by Gasteiger charge is 2.29. The van der Waals surface area contributed by atoms with Crippen LogP contribution in [0.25, 0.3) is 0 Å². The molecule has 2 aromatic rings. The van der Waals surface area contributed by atoms with Gasteiger partial charge in [0, 0.05) is 50.9 Å². The average Bonchev–Trinajstić information content (AvgIpc) is 3.20. The van der Waals surface area contributed by atoms with Gasteiger partial charge in [0.25, 0.3) is 5.91 Å². The number of nitrogens with zero attached hydrogens (tertiary/aromatic N) is 4. The van der Waals surface area contributed by atoms with Crippen LogP contribution in [-0.4, -0.2) is 72.7 Å². The Labute approximate surface area is 171 Å². The zero-order chi connectivity index (χ0) is 20.4. The SMILES string of the molecule is Cn1ccc(C2CCCN(C(=O)c3ccc(S(=O)(=O)N4CCOCC4)cc3)C2)n1. The summed E-state index contributed by atoms with van der Waals surface area (Å²) in [5.41, 5.74) is 1.52. The van der Waals surface area contributed by atoms with Crippen LogP contribution in [0.4, 0.5) is 0 Å². The molecule has 0 bridgehead atoms. The van der Waals surface area contributed by atoms with E-state index in [1.165, 1.54) is 16.4 Å². The third kappa shape index (κ3) is 4.22. The van der Waals surface area contributed by atoms with E-state index in [0.29, 0.717) is 45.0 Å². The van der Waals surface area contributed by atoms with E-state index in [9.17, 15) is 13.2 Å². The van der Waals surface area contributed by atoms with Crippen molar-refractivity contribution in [3.63, 3.8) is 0 Å². The van der Waals surface area contributed by atoms with Gasteiger partial charge in [-0.2, -0.15) is 9.40 Å². The standard InChI is InChI=1S/C20H26N4O4S/c1-22-10-8-19(21-22)17-3-2-9-23(15-17)20(25)16-4-6-18(7-5-16)29(26,27)24-11-13-28-14-12-24/h4-8,10,17H,2-3,9,11-15H2,1H3. The number of hydrogen-bond acceptors (Lipinski definition) is 5. The van der Waals surface area contributed by atoms with E-state index in [1.54, 1.807) is 16.8 Å². The van der Waals surface area contributed by atoms with Gasteiger partial charge in [-0.1, -0.05) is 0 Å². The summed E-state index contributed by atoms with van der Waals surface area (Å²) in [7, 11) is -1.66. The number of aryl methyl sites for hydroxylation is 1. The molecule has 2 fully saturated rings. The zero-order valence-corrected chi connectivity index (χ0v) is 17.3. The molecule has 9 heteroatoms. The maximum Gasteiger partial charge on any atom is 0.253 e. The van der Waals surface area contributed by atoms with E-state index in [-0.39, 0.29) is 16.7 Å². The van der Waals surface area contributed by atoms with Gasteiger partial charge in [0.1, 0.15) is 0 Å². The van der Waals surface area contributed by atoms with Crippen molar-refractivity contribution in [1.29, 1.82) is 0 Å². The van der Waals surface area contributed by atoms with E-state index in [0.717, 1.165) is 18.5 Å². The number of likely N-dealkylation sites (tertiary alicyclic amines) is 1. The lowest BCUT2D eigenvalue weighted by Gasteiger charge is -2.32. The van der Waals surface area contributed by atoms with Gasteiger partial charge < -0.3 is 9.64 Å². The molecule has 1 aromatic carbocycles. The number of benzene rings is 1. The van der Waals surface area contributed by atoms with Gasteiger partial charge in [-0.05, 0) is 43.2 Å². The molecule has 0 aliphatic carbocycles. The Morgan fingerprint density at radius 1 is 1.10 bits per heavy atom. The van der Waals surface area contributed by atoms with Crippen molar-refractivity contribution in [2.45, 2.75) is 23.7 Å². The lowest BCUT2D eigenvalue weighted by Crippen LogP contribution is -2.40. The monoisotopic (exact) mass is 418 g/mol. The van der Waals surface area contributed by atoms with Crippen molar-refractivity contribution in [1.82, 2.24) is 19.0 Å². The minimum atomic E-state index is -3.55. The number of carbonyl (C=O) groups is 1. The average molecular weight is 419 g/mol. The molecule has 8 nitrogen and oxygen atoms in total. The number of carbonyl (C=O) groups excluding carboxylic acids is 1. The van der Waals surface area contributed by atoms with Crippen molar-refractivity contribution in [2.75, 3.05) is 39.4 Å². The first kappa shape index (κ1) is 20.1. The number of morpholine rings is 1. The van der Waals surface area contributed by atoms with Gasteiger partial charge >= 0.3 is 0 Å². The largest absolute Gasteiger partial charge is 0.379 e. The molecule has 0 N–H and O–H groups in total. The second-order valence-electron chi connectivity index (χ2n) is 7.55. The first-order chi connectivity index (χ1) is 13.9. The summed E-state index contributed by atoms with van der Waals surface area (Å²) in [6.45, 7) is 2.85. The van der Waals surface area contributed by atoms with Crippen molar-refractivity contribution >= 4 is 15.9 Å². The fourth-order valence-corrected chi connectivity index (χ4v) is 5.35. The normalized spacial score (nSPS) is 21.3. The van der Waals surface area contributed by atoms with Crippen molar-refractivity contribution < 1.29 is 17.9 Å². The molecule has 0 radical (unpaired) electrons. The van der Waals surface area contributed by atoms with Crippen molar-refractivity contribution in [3.8, 4) is 0 Å². The van der Waals surface area contributed by atoms with Crippen LogP contribution in [-0.2, 0) is 21.8 Å². The van der Waals surface area contributed by atoms with Crippen LogP contribution in [0.2, 0.25) is 0 Å². The topological polar surface area (TPSA) is 84.7 Å². The minimum absolute atomic E-state index is 0.0686. The number of aromatic nitrogens is 2. The van der Waals surface area contributed by atoms with Crippen LogP contribution >= 0.6 is 0 Å². The molecule has 1 atom stereocenters. The van der Waals surface area contributed by atoms with E-state index in [4.69, 9.17) is 4.74 Å². The Bertz CT molecular complexity index is 965. The third-order valence-electron chi connectivity index (χ3n) is 5.57. The van der Waals surface area contributed by atoms with Crippen LogP contribution in [0, 0.1) is 0 Å². The summed E-state index contributed by atoms with van der Waals surface area (Å²) in [5.74, 6) is 0.163. The molecule has 2 aliphatic rings. The fraction of sp³-hybridized carbons (Fsp3) is 0.500. The lowest BCUT2D eigenvalue weighted by molar-refractivity contribution is 0.0705. The molecule has 0 spiro atoms. The summed E-state index contributed by atoms with van der Waals surface area (Å²) in [5, 5.41) is 4.48. The molecular weight excluding hydrogens is 392 g/mol. The molecule has 3 heterocycles. The number of amides is 1. The summed E-state index contributed by atoms with van der Waals surface area (Å²) < 4.78 is 33.9. The Balaban J connectivity index is 1.46. The molecule has 1 aromatic heterocycles. The van der Waals surface area contributed by atoms with Crippen LogP contribution in [0.3, 0.4) is 0 Å². The van der Waals surface area contributed by atoms with Crippen LogP contribution in [0.15, 0.2) is 41.4 Å². The van der Waals surface area contributed by atoms with E-state index < -0.39 is 10.0 Å². The highest BCUT2D eigenvalue weighted by Crippen LogP contribution is 2.27. The van der Waals surface area contributed by atoms with E-state index in [2.05, 4.69) is 5.10 Å². The molecule has 2 aliphatic heterocycles. The molecule has 4 rings (SSSR count). The van der Waals surface area contributed by atoms with Crippen LogP contribution < -0.4 is 0 Å². The van der Waals surface area contributed by atoms with Crippen LogP contribution in [0.5, 0.6) is 0 Å². The summed E-state index contributed by atoms with van der Waals surface area (Å²) in [6.07, 6.45) is 3.86. The summed E-state index contributed by atoms with van der Waals surface area (Å²) >= 11 is 0. The number of sulfonamides is 1. The summed E-state index contributed by atoms with van der Waals surface area (Å²) in [6, 6.07) is 8.28. The Morgan fingerprint density at radius 2 is 1.83 bits per heavy atom. The highest BCUT2D eigenvalue weighted by atomic mass is 32.2. The molecule has 1 amide bonds. The van der Waals surface area contributed by atoms with Crippen LogP contribution in [0.1, 0.15) is 34.8 Å². The zero-order valence-electron chi connectivity index (χ0n) is 16.5. The number of piperidine rings is 1. The first-order valence-electron chi connectivity index (χ1n) is 9.92. The van der Waals surface area contributed by atoms with E-state index in [1.807, 2.05) is 24.2 Å². The lowest BCUT2D eigenvalue weighted by atomic mass is 9.94. The third-order valence-corrected chi connectivity index (χ3v) is 7.48. The highest BCUT2D eigenvalue weighted by molar-refractivity contribution is 7.89. The summed E-state index contributed by atoms with van der Waals surface area (Å²) in [4.78, 5) is 15.0. The van der Waals surface area contributed by atoms with Gasteiger partial charge in [-0.3, -0.25) is 9.48 Å². The quantitative estimate of drug-likeness (QED) is 0.751. The molecule has 0 saturated carbocycles. The fourth-order valence-electron chi connectivity index (χ4n) is 3.94. The van der Waals surface area contributed by atoms with Gasteiger partial charge in [0.15, 0.2) is 0 Å². The predicted molar refractivity (Wildman–Crippen MR) is 107 cm³/mol. The minimum Gasteiger partial charge on any atom is -0.379 e. The maximum atomic E-state index is 13.0. The first-order valence-corrected chi connectivity index (χ1v) is 11.4. The van der Waals surface area contributed by atoms with Crippen molar-refractivity contribution in [3.05, 3.63) is 47.8 Å². The molecule has 2 saturated heterocycles. The number of hydrogen-bond donors (Lipinski definition) is 0. The number of ether oxygens (including phenoxy) is 1. The Kier molecular flexibility index (Phi) is 5.71. The molecule has 156 valence electrons. The number of rotatable bonds is 4. The van der Waals surface area contributed by atoms with Gasteiger partial charge in [0.05, 0.1) is 23.8 Å². The Morgan fingerprint density at radius 3 is 2.48 bits per heavy atom. The molecule has 29 heavy (non-hydrogen) atoms.